The number of nitrogens with two attached hydrogens (primary N) is 1. The first-order valence-corrected chi connectivity index (χ1v) is 6.32. The van der Waals surface area contributed by atoms with Crippen molar-refractivity contribution in [3.8, 4) is 5.75 Å². The van der Waals surface area contributed by atoms with Crippen molar-refractivity contribution in [2.75, 3.05) is 7.11 Å². The predicted molar refractivity (Wildman–Crippen MR) is 74.8 cm³/mol. The highest BCUT2D eigenvalue weighted by Crippen LogP contribution is 2.30. The van der Waals surface area contributed by atoms with Crippen LogP contribution in [0.4, 0.5) is 0 Å². The van der Waals surface area contributed by atoms with Crippen LogP contribution in [0.1, 0.15) is 29.7 Å². The average molecular weight is 260 g/mol. The Kier molecular flexibility index (Phi) is 4.19. The van der Waals surface area contributed by atoms with E-state index in [0.717, 1.165) is 23.4 Å². The summed E-state index contributed by atoms with van der Waals surface area (Å²) in [5, 5.41) is 4.29. The van der Waals surface area contributed by atoms with Crippen molar-refractivity contribution < 1.29 is 4.74 Å². The first kappa shape index (κ1) is 13.6. The molecule has 19 heavy (non-hydrogen) atoms. The number of ether oxygens (including phenoxy) is 1. The molecule has 3 N–H and O–H groups in total. The SMILES string of the molecule is CCn1cc(C(NN)c2cc(C)ccc2OC)cn1. The summed E-state index contributed by atoms with van der Waals surface area (Å²) in [5.74, 6) is 6.54. The number of benzene rings is 1. The van der Waals surface area contributed by atoms with E-state index >= 15 is 0 Å². The summed E-state index contributed by atoms with van der Waals surface area (Å²) < 4.78 is 7.29. The molecular formula is C14H20N4O. The third-order valence-corrected chi connectivity index (χ3v) is 3.17. The molecule has 2 rings (SSSR count). The second-order valence-electron chi connectivity index (χ2n) is 4.47. The summed E-state index contributed by atoms with van der Waals surface area (Å²) in [6.07, 6.45) is 3.82. The highest BCUT2D eigenvalue weighted by Gasteiger charge is 2.18. The van der Waals surface area contributed by atoms with Crippen molar-refractivity contribution in [2.45, 2.75) is 26.4 Å². The van der Waals surface area contributed by atoms with Crippen molar-refractivity contribution in [3.63, 3.8) is 0 Å². The molecule has 0 saturated carbocycles. The minimum atomic E-state index is -0.129. The van der Waals surface area contributed by atoms with E-state index in [2.05, 4.69) is 23.5 Å². The van der Waals surface area contributed by atoms with Crippen LogP contribution in [0.2, 0.25) is 0 Å². The highest BCUT2D eigenvalue weighted by atomic mass is 16.5. The Morgan fingerprint density at radius 2 is 2.26 bits per heavy atom. The lowest BCUT2D eigenvalue weighted by atomic mass is 9.99. The largest absolute Gasteiger partial charge is 0.496 e. The van der Waals surface area contributed by atoms with E-state index < -0.39 is 0 Å². The molecule has 102 valence electrons. The number of nitrogens with one attached hydrogen (secondary N) is 1. The summed E-state index contributed by atoms with van der Waals surface area (Å²) in [6, 6.07) is 5.92. The maximum Gasteiger partial charge on any atom is 0.124 e. The van der Waals surface area contributed by atoms with Crippen molar-refractivity contribution >= 4 is 0 Å². The first-order valence-electron chi connectivity index (χ1n) is 6.32. The average Bonchev–Trinajstić information content (AvgIpc) is 2.89. The Morgan fingerprint density at radius 3 is 2.84 bits per heavy atom. The highest BCUT2D eigenvalue weighted by molar-refractivity contribution is 5.43. The molecule has 1 heterocycles. The third-order valence-electron chi connectivity index (χ3n) is 3.17. The molecule has 0 aliphatic heterocycles. The number of hydrogen-bond acceptors (Lipinski definition) is 4. The molecule has 0 spiro atoms. The molecule has 5 heteroatoms. The molecule has 0 fully saturated rings. The van der Waals surface area contributed by atoms with Gasteiger partial charge in [-0.25, -0.2) is 5.43 Å². The standard InChI is InChI=1S/C14H20N4O/c1-4-18-9-11(8-16-18)14(17-15)12-7-10(2)5-6-13(12)19-3/h5-9,14,17H,4,15H2,1-3H3. The Balaban J connectivity index is 2.43. The van der Waals surface area contributed by atoms with Crippen LogP contribution in [0, 0.1) is 6.92 Å². The van der Waals surface area contributed by atoms with Crippen LogP contribution in [-0.4, -0.2) is 16.9 Å². The van der Waals surface area contributed by atoms with Crippen LogP contribution < -0.4 is 16.0 Å². The quantitative estimate of drug-likeness (QED) is 0.635. The van der Waals surface area contributed by atoms with E-state index in [1.807, 2.05) is 36.1 Å². The molecular weight excluding hydrogens is 240 g/mol. The van der Waals surface area contributed by atoms with Crippen LogP contribution in [0.3, 0.4) is 0 Å². The number of nitrogens with zero attached hydrogens (tertiary/aromatic N) is 2. The molecule has 1 unspecified atom stereocenters. The van der Waals surface area contributed by atoms with Gasteiger partial charge in [-0.05, 0) is 19.9 Å². The lowest BCUT2D eigenvalue weighted by Gasteiger charge is -2.18. The molecule has 0 aliphatic carbocycles. The number of hydrazine groups is 1. The summed E-state index contributed by atoms with van der Waals surface area (Å²) in [6.45, 7) is 4.93. The Labute approximate surface area is 113 Å². The van der Waals surface area contributed by atoms with Gasteiger partial charge in [0.1, 0.15) is 5.75 Å². The predicted octanol–water partition coefficient (Wildman–Crippen LogP) is 1.77. The van der Waals surface area contributed by atoms with E-state index in [0.29, 0.717) is 0 Å². The Bertz CT molecular complexity index is 550. The van der Waals surface area contributed by atoms with Gasteiger partial charge in [-0.1, -0.05) is 17.7 Å². The van der Waals surface area contributed by atoms with Gasteiger partial charge in [-0.2, -0.15) is 5.10 Å². The lowest BCUT2D eigenvalue weighted by molar-refractivity contribution is 0.404. The van der Waals surface area contributed by atoms with Gasteiger partial charge in [0.05, 0.1) is 19.3 Å². The number of rotatable bonds is 5. The summed E-state index contributed by atoms with van der Waals surface area (Å²) in [7, 11) is 1.66. The van der Waals surface area contributed by atoms with Crippen molar-refractivity contribution in [2.24, 2.45) is 5.84 Å². The summed E-state index contributed by atoms with van der Waals surface area (Å²) >= 11 is 0. The number of methoxy groups -OCH3 is 1. The van der Waals surface area contributed by atoms with Crippen molar-refractivity contribution in [1.29, 1.82) is 0 Å². The monoisotopic (exact) mass is 260 g/mol. The van der Waals surface area contributed by atoms with Gasteiger partial charge in [0.15, 0.2) is 0 Å². The fourth-order valence-corrected chi connectivity index (χ4v) is 2.15. The molecule has 0 aliphatic rings. The number of hydrogen-bond donors (Lipinski definition) is 2. The zero-order valence-electron chi connectivity index (χ0n) is 11.6. The van der Waals surface area contributed by atoms with Crippen LogP contribution in [0.25, 0.3) is 0 Å². The van der Waals surface area contributed by atoms with E-state index in [1.165, 1.54) is 5.56 Å². The van der Waals surface area contributed by atoms with Gasteiger partial charge in [0, 0.05) is 23.9 Å². The summed E-state index contributed by atoms with van der Waals surface area (Å²) in [5.41, 5.74) is 6.04. The molecule has 0 amide bonds. The summed E-state index contributed by atoms with van der Waals surface area (Å²) in [4.78, 5) is 0. The molecule has 1 atom stereocenters. The maximum atomic E-state index is 5.72. The molecule has 0 radical (unpaired) electrons. The van der Waals surface area contributed by atoms with Gasteiger partial charge in [-0.15, -0.1) is 0 Å². The van der Waals surface area contributed by atoms with E-state index in [9.17, 15) is 0 Å². The van der Waals surface area contributed by atoms with Gasteiger partial charge in [0.25, 0.3) is 0 Å². The smallest absolute Gasteiger partial charge is 0.124 e. The van der Waals surface area contributed by atoms with Crippen LogP contribution in [0.5, 0.6) is 5.75 Å². The van der Waals surface area contributed by atoms with Gasteiger partial charge in [0.2, 0.25) is 0 Å². The Morgan fingerprint density at radius 1 is 1.47 bits per heavy atom. The van der Waals surface area contributed by atoms with E-state index in [4.69, 9.17) is 10.6 Å². The van der Waals surface area contributed by atoms with E-state index in [-0.39, 0.29) is 6.04 Å². The molecule has 1 aromatic heterocycles. The fraction of sp³-hybridized carbons (Fsp3) is 0.357. The third kappa shape index (κ3) is 2.77. The maximum absolute atomic E-state index is 5.72. The minimum Gasteiger partial charge on any atom is -0.496 e. The fourth-order valence-electron chi connectivity index (χ4n) is 2.15. The van der Waals surface area contributed by atoms with Gasteiger partial charge >= 0.3 is 0 Å². The second-order valence-corrected chi connectivity index (χ2v) is 4.47. The normalized spacial score (nSPS) is 12.4. The zero-order chi connectivity index (χ0) is 13.8. The lowest BCUT2D eigenvalue weighted by Crippen LogP contribution is -2.29. The topological polar surface area (TPSA) is 65.1 Å². The second kappa shape index (κ2) is 5.86. The molecule has 0 bridgehead atoms. The van der Waals surface area contributed by atoms with Crippen molar-refractivity contribution in [1.82, 2.24) is 15.2 Å². The van der Waals surface area contributed by atoms with Crippen molar-refractivity contribution in [3.05, 3.63) is 47.3 Å². The number of aromatic nitrogens is 2. The van der Waals surface area contributed by atoms with Crippen LogP contribution >= 0.6 is 0 Å². The van der Waals surface area contributed by atoms with Crippen LogP contribution in [0.15, 0.2) is 30.6 Å². The van der Waals surface area contributed by atoms with Gasteiger partial charge in [-0.3, -0.25) is 10.5 Å². The first-order chi connectivity index (χ1) is 9.19. The zero-order valence-corrected chi connectivity index (χ0v) is 11.6. The van der Waals surface area contributed by atoms with Crippen LogP contribution in [-0.2, 0) is 6.54 Å². The molecule has 5 nitrogen and oxygen atoms in total. The minimum absolute atomic E-state index is 0.129. The molecule has 1 aromatic carbocycles. The van der Waals surface area contributed by atoms with Gasteiger partial charge < -0.3 is 4.74 Å². The molecule has 0 saturated heterocycles. The Hall–Kier alpha value is -1.85. The number of aryl methyl sites for hydroxylation is 2. The molecule has 2 aromatic rings. The van der Waals surface area contributed by atoms with E-state index in [1.54, 1.807) is 7.11 Å².